The van der Waals surface area contributed by atoms with E-state index < -0.39 is 6.04 Å². The van der Waals surface area contributed by atoms with Gasteiger partial charge < -0.3 is 19.5 Å². The molecule has 0 radical (unpaired) electrons. The summed E-state index contributed by atoms with van der Waals surface area (Å²) in [4.78, 5) is 33.0. The number of hydrogen-bond donors (Lipinski definition) is 1. The highest BCUT2D eigenvalue weighted by molar-refractivity contribution is 5.95. The molecule has 1 N–H and O–H groups in total. The zero-order valence-corrected chi connectivity index (χ0v) is 15.9. The van der Waals surface area contributed by atoms with Gasteiger partial charge in [0.2, 0.25) is 5.91 Å². The number of rotatable bonds is 4. The molecule has 4 rings (SSSR count). The van der Waals surface area contributed by atoms with E-state index in [2.05, 4.69) is 10.3 Å². The summed E-state index contributed by atoms with van der Waals surface area (Å²) in [6, 6.07) is 14.4. The van der Waals surface area contributed by atoms with Gasteiger partial charge in [-0.15, -0.1) is 0 Å². The topological polar surface area (TPSA) is 78.7 Å². The molecule has 1 fully saturated rings. The van der Waals surface area contributed by atoms with E-state index in [1.54, 1.807) is 37.1 Å². The molecular formula is C21H22N4O3. The number of anilines is 1. The monoisotopic (exact) mass is 378 g/mol. The maximum absolute atomic E-state index is 12.8. The van der Waals surface area contributed by atoms with Gasteiger partial charge in [-0.1, -0.05) is 30.3 Å². The van der Waals surface area contributed by atoms with Gasteiger partial charge in [0.05, 0.1) is 0 Å². The third kappa shape index (κ3) is 3.55. The first-order chi connectivity index (χ1) is 13.5. The average molecular weight is 378 g/mol. The molecule has 7 nitrogen and oxygen atoms in total. The second-order valence-corrected chi connectivity index (χ2v) is 7.01. The molecule has 2 aromatic carbocycles. The van der Waals surface area contributed by atoms with Crippen molar-refractivity contribution in [2.75, 3.05) is 18.9 Å². The zero-order valence-electron chi connectivity index (χ0n) is 15.9. The van der Waals surface area contributed by atoms with Gasteiger partial charge in [-0.3, -0.25) is 4.79 Å². The fourth-order valence-corrected chi connectivity index (χ4v) is 3.52. The molecule has 1 saturated heterocycles. The van der Waals surface area contributed by atoms with Crippen LogP contribution in [-0.4, -0.2) is 46.4 Å². The first-order valence-corrected chi connectivity index (χ1v) is 9.25. The van der Waals surface area contributed by atoms with E-state index in [-0.39, 0.29) is 11.9 Å². The lowest BCUT2D eigenvalue weighted by Gasteiger charge is -2.24. The number of carbonyl (C=O) groups excluding carboxylic acids is 2. The molecule has 1 atom stereocenters. The quantitative estimate of drug-likeness (QED) is 0.755. The Kier molecular flexibility index (Phi) is 4.73. The Labute approximate surface area is 162 Å². The zero-order chi connectivity index (χ0) is 19.7. The Bertz CT molecular complexity index is 1010. The number of likely N-dealkylation sites (tertiary alicyclic amines) is 1. The van der Waals surface area contributed by atoms with Crippen molar-refractivity contribution in [3.05, 3.63) is 60.0 Å². The summed E-state index contributed by atoms with van der Waals surface area (Å²) in [6.07, 6.45) is 0.622. The predicted molar refractivity (Wildman–Crippen MR) is 106 cm³/mol. The van der Waals surface area contributed by atoms with Gasteiger partial charge in [0.1, 0.15) is 11.6 Å². The molecule has 0 bridgehead atoms. The smallest absolute Gasteiger partial charge is 0.322 e. The normalized spacial score (nSPS) is 16.6. The van der Waals surface area contributed by atoms with Crippen LogP contribution in [0.2, 0.25) is 0 Å². The average Bonchev–Trinajstić information content (AvgIpc) is 3.23. The van der Waals surface area contributed by atoms with Gasteiger partial charge in [-0.2, -0.15) is 0 Å². The molecule has 144 valence electrons. The number of aryl methyl sites for hydroxylation is 1. The summed E-state index contributed by atoms with van der Waals surface area (Å²) in [7, 11) is 1.66. The number of nitrogens with one attached hydrogen (secondary N) is 1. The van der Waals surface area contributed by atoms with Crippen LogP contribution in [0.25, 0.3) is 11.1 Å². The highest BCUT2D eigenvalue weighted by Gasteiger charge is 2.36. The number of likely N-dealkylation sites (N-methyl/N-ethyl adjacent to an activating group) is 1. The van der Waals surface area contributed by atoms with Gasteiger partial charge in [0.15, 0.2) is 11.5 Å². The molecule has 3 aromatic rings. The number of urea groups is 1. The number of nitrogens with zero attached hydrogens (tertiary/aromatic N) is 3. The molecular weight excluding hydrogens is 356 g/mol. The Morgan fingerprint density at radius 2 is 2.07 bits per heavy atom. The second kappa shape index (κ2) is 7.34. The van der Waals surface area contributed by atoms with Gasteiger partial charge in [0, 0.05) is 32.7 Å². The number of fused-ring (bicyclic) bond motifs is 1. The minimum Gasteiger partial charge on any atom is -0.441 e. The van der Waals surface area contributed by atoms with Crippen molar-refractivity contribution in [3.63, 3.8) is 0 Å². The summed E-state index contributed by atoms with van der Waals surface area (Å²) < 4.78 is 5.45. The maximum atomic E-state index is 12.8. The molecule has 1 aliphatic heterocycles. The van der Waals surface area contributed by atoms with Crippen LogP contribution in [0.15, 0.2) is 52.9 Å². The lowest BCUT2D eigenvalue weighted by atomic mass is 10.2. The lowest BCUT2D eigenvalue weighted by molar-refractivity contribution is -0.131. The number of hydrogen-bond acceptors (Lipinski definition) is 4. The van der Waals surface area contributed by atoms with Gasteiger partial charge in [-0.25, -0.2) is 9.78 Å². The van der Waals surface area contributed by atoms with E-state index in [0.29, 0.717) is 42.2 Å². The SMILES string of the molecule is Cc1nc2cc(NC(=O)N(C)C3CCN(Cc4ccccc4)C3=O)ccc2o1. The first kappa shape index (κ1) is 18.0. The van der Waals surface area contributed by atoms with Crippen LogP contribution >= 0.6 is 0 Å². The van der Waals surface area contributed by atoms with Crippen molar-refractivity contribution >= 4 is 28.7 Å². The van der Waals surface area contributed by atoms with Crippen LogP contribution in [-0.2, 0) is 11.3 Å². The number of aromatic nitrogens is 1. The third-order valence-corrected chi connectivity index (χ3v) is 5.02. The summed E-state index contributed by atoms with van der Waals surface area (Å²) >= 11 is 0. The molecule has 1 aromatic heterocycles. The van der Waals surface area contributed by atoms with E-state index in [0.717, 1.165) is 5.56 Å². The minimum atomic E-state index is -0.457. The highest BCUT2D eigenvalue weighted by Crippen LogP contribution is 2.22. The standard InChI is InChI=1S/C21H22N4O3/c1-14-22-17-12-16(8-9-19(17)28-14)23-21(27)24(2)18-10-11-25(20(18)26)13-15-6-4-3-5-7-15/h3-9,12,18H,10-11,13H2,1-2H3,(H,23,27). The summed E-state index contributed by atoms with van der Waals surface area (Å²) in [5, 5.41) is 2.84. The molecule has 0 spiro atoms. The van der Waals surface area contributed by atoms with Crippen molar-refractivity contribution in [1.82, 2.24) is 14.8 Å². The molecule has 0 aliphatic carbocycles. The summed E-state index contributed by atoms with van der Waals surface area (Å²) in [6.45, 7) is 2.98. The largest absolute Gasteiger partial charge is 0.441 e. The van der Waals surface area contributed by atoms with E-state index in [1.807, 2.05) is 30.3 Å². The third-order valence-electron chi connectivity index (χ3n) is 5.02. The molecule has 0 saturated carbocycles. The number of carbonyl (C=O) groups is 2. The predicted octanol–water partition coefficient (Wildman–Crippen LogP) is 3.40. The van der Waals surface area contributed by atoms with Crippen LogP contribution in [0.5, 0.6) is 0 Å². The second-order valence-electron chi connectivity index (χ2n) is 7.01. The summed E-state index contributed by atoms with van der Waals surface area (Å²) in [5.41, 5.74) is 3.05. The number of amides is 3. The van der Waals surface area contributed by atoms with Crippen LogP contribution in [0.1, 0.15) is 17.9 Å². The van der Waals surface area contributed by atoms with Crippen molar-refractivity contribution in [1.29, 1.82) is 0 Å². The van der Waals surface area contributed by atoms with Gasteiger partial charge in [0.25, 0.3) is 0 Å². The van der Waals surface area contributed by atoms with E-state index >= 15 is 0 Å². The molecule has 3 amide bonds. The first-order valence-electron chi connectivity index (χ1n) is 9.25. The van der Waals surface area contributed by atoms with Crippen LogP contribution in [0, 0.1) is 6.92 Å². The molecule has 1 aliphatic rings. The van der Waals surface area contributed by atoms with Crippen LogP contribution in [0.3, 0.4) is 0 Å². The Morgan fingerprint density at radius 3 is 2.86 bits per heavy atom. The van der Waals surface area contributed by atoms with E-state index in [9.17, 15) is 9.59 Å². The number of oxazole rings is 1. The lowest BCUT2D eigenvalue weighted by Crippen LogP contribution is -2.44. The van der Waals surface area contributed by atoms with Crippen molar-refractivity contribution < 1.29 is 14.0 Å². The van der Waals surface area contributed by atoms with Crippen LogP contribution < -0.4 is 5.32 Å². The number of benzene rings is 2. The Balaban J connectivity index is 1.41. The van der Waals surface area contributed by atoms with Crippen LogP contribution in [0.4, 0.5) is 10.5 Å². The van der Waals surface area contributed by atoms with Crippen molar-refractivity contribution in [2.45, 2.75) is 25.9 Å². The summed E-state index contributed by atoms with van der Waals surface area (Å²) in [5.74, 6) is 0.551. The van der Waals surface area contributed by atoms with Crippen molar-refractivity contribution in [2.24, 2.45) is 0 Å². The van der Waals surface area contributed by atoms with Gasteiger partial charge in [-0.05, 0) is 30.2 Å². The molecule has 7 heteroatoms. The minimum absolute atomic E-state index is 0.0240. The van der Waals surface area contributed by atoms with Gasteiger partial charge >= 0.3 is 6.03 Å². The molecule has 2 heterocycles. The van der Waals surface area contributed by atoms with E-state index in [1.165, 1.54) is 4.90 Å². The fraction of sp³-hybridized carbons (Fsp3) is 0.286. The Hall–Kier alpha value is -3.35. The highest BCUT2D eigenvalue weighted by atomic mass is 16.3. The van der Waals surface area contributed by atoms with E-state index in [4.69, 9.17) is 4.42 Å². The van der Waals surface area contributed by atoms with Crippen molar-refractivity contribution in [3.8, 4) is 0 Å². The maximum Gasteiger partial charge on any atom is 0.322 e. The molecule has 1 unspecified atom stereocenters. The molecule has 28 heavy (non-hydrogen) atoms. The Morgan fingerprint density at radius 1 is 1.29 bits per heavy atom. The fourth-order valence-electron chi connectivity index (χ4n) is 3.52.